The first kappa shape index (κ1) is 45.8. The monoisotopic (exact) mass is 901 g/mol. The van der Waals surface area contributed by atoms with E-state index in [0.717, 1.165) is 41.6 Å². The molecule has 0 aliphatic carbocycles. The molecule has 0 spiro atoms. The van der Waals surface area contributed by atoms with Crippen molar-refractivity contribution in [2.75, 3.05) is 30.8 Å². The zero-order chi connectivity index (χ0) is 46.0. The predicted molar refractivity (Wildman–Crippen MR) is 253 cm³/mol. The van der Waals surface area contributed by atoms with Crippen LogP contribution in [-0.4, -0.2) is 59.0 Å². The summed E-state index contributed by atoms with van der Waals surface area (Å²) in [5.41, 5.74) is 12.7. The SMILES string of the molecule is COc1cccc(Nc2c(C(N)=O)cnc3c(C)cc(S(=O)(=O)c4cccc(-c5ccc(CCCNC[C@H](O[Si](C)(C)C(C)(C)C)c6ccc(O)c7c6COC(=O)N7)cc5)c4)cc23)c1. The zero-order valence-electron chi connectivity index (χ0n) is 37.2. The van der Waals surface area contributed by atoms with E-state index < -0.39 is 30.2 Å². The first-order chi connectivity index (χ1) is 30.4. The molecule has 2 heterocycles. The van der Waals surface area contributed by atoms with Crippen molar-refractivity contribution in [1.29, 1.82) is 0 Å². The average Bonchev–Trinajstić information content (AvgIpc) is 3.26. The Morgan fingerprint density at radius 1 is 0.984 bits per heavy atom. The number of benzene rings is 5. The van der Waals surface area contributed by atoms with Crippen LogP contribution < -0.4 is 26.4 Å². The molecular weight excluding hydrogens is 847 g/mol. The van der Waals surface area contributed by atoms with Gasteiger partial charge in [0.15, 0.2) is 8.32 Å². The molecule has 0 saturated heterocycles. The topological polar surface area (TPSA) is 191 Å². The van der Waals surface area contributed by atoms with Gasteiger partial charge in [0.2, 0.25) is 9.84 Å². The minimum atomic E-state index is -4.03. The molecule has 1 atom stereocenters. The summed E-state index contributed by atoms with van der Waals surface area (Å²) in [4.78, 5) is 29.2. The van der Waals surface area contributed by atoms with Crippen molar-refractivity contribution in [3.8, 4) is 22.6 Å². The van der Waals surface area contributed by atoms with Crippen LogP contribution in [0.2, 0.25) is 18.1 Å². The van der Waals surface area contributed by atoms with Gasteiger partial charge in [-0.2, -0.15) is 0 Å². The van der Waals surface area contributed by atoms with Crippen LogP contribution in [0.3, 0.4) is 0 Å². The molecule has 15 heteroatoms. The van der Waals surface area contributed by atoms with Gasteiger partial charge in [0, 0.05) is 35.4 Å². The maximum Gasteiger partial charge on any atom is 0.412 e. The van der Waals surface area contributed by atoms with Gasteiger partial charge in [-0.15, -0.1) is 0 Å². The molecule has 0 fully saturated rings. The van der Waals surface area contributed by atoms with Gasteiger partial charge >= 0.3 is 6.09 Å². The molecule has 13 nitrogen and oxygen atoms in total. The number of methoxy groups -OCH3 is 1. The van der Waals surface area contributed by atoms with E-state index >= 15 is 0 Å². The van der Waals surface area contributed by atoms with Crippen molar-refractivity contribution in [2.24, 2.45) is 5.73 Å². The fourth-order valence-electron chi connectivity index (χ4n) is 7.53. The first-order valence-electron chi connectivity index (χ1n) is 21.1. The van der Waals surface area contributed by atoms with Crippen LogP contribution in [0, 0.1) is 6.92 Å². The normalized spacial score (nSPS) is 13.5. The fraction of sp³-hybridized carbons (Fsp3) is 0.286. The average molecular weight is 902 g/mol. The number of anilines is 3. The van der Waals surface area contributed by atoms with E-state index in [1.54, 1.807) is 68.6 Å². The molecule has 6 N–H and O–H groups in total. The molecule has 6 aromatic rings. The molecule has 334 valence electrons. The number of hydrogen-bond acceptors (Lipinski definition) is 11. The second-order valence-corrected chi connectivity index (χ2v) is 24.2. The lowest BCUT2D eigenvalue weighted by Gasteiger charge is -2.40. The zero-order valence-corrected chi connectivity index (χ0v) is 39.0. The summed E-state index contributed by atoms with van der Waals surface area (Å²) in [6, 6.07) is 28.7. The Morgan fingerprint density at radius 2 is 1.73 bits per heavy atom. The van der Waals surface area contributed by atoms with Crippen molar-refractivity contribution in [1.82, 2.24) is 10.3 Å². The number of amides is 2. The summed E-state index contributed by atoms with van der Waals surface area (Å²) in [5.74, 6) is -0.124. The van der Waals surface area contributed by atoms with Gasteiger partial charge in [0.1, 0.15) is 18.1 Å². The van der Waals surface area contributed by atoms with Crippen LogP contribution in [0.4, 0.5) is 21.9 Å². The van der Waals surface area contributed by atoms with E-state index in [2.05, 4.69) is 66.9 Å². The van der Waals surface area contributed by atoms with Crippen LogP contribution in [0.1, 0.15) is 65.9 Å². The number of hydrogen-bond donors (Lipinski definition) is 5. The van der Waals surface area contributed by atoms with E-state index in [1.165, 1.54) is 12.3 Å². The maximum absolute atomic E-state index is 14.3. The Kier molecular flexibility index (Phi) is 13.2. The number of ether oxygens (including phenoxy) is 2. The quantitative estimate of drug-likeness (QED) is 0.0353. The van der Waals surface area contributed by atoms with E-state index in [1.807, 2.05) is 24.3 Å². The van der Waals surface area contributed by atoms with Crippen LogP contribution in [0.25, 0.3) is 22.0 Å². The molecule has 7 rings (SSSR count). The molecule has 2 amide bonds. The van der Waals surface area contributed by atoms with Gasteiger partial charge < -0.3 is 35.4 Å². The smallest absolute Gasteiger partial charge is 0.412 e. The number of carbonyl (C=O) groups is 2. The van der Waals surface area contributed by atoms with Crippen molar-refractivity contribution >= 4 is 58.1 Å². The van der Waals surface area contributed by atoms with Crippen molar-refractivity contribution in [2.45, 2.75) is 81.2 Å². The third kappa shape index (κ3) is 9.77. The molecule has 0 saturated carbocycles. The summed E-state index contributed by atoms with van der Waals surface area (Å²) in [6.07, 6.45) is 2.13. The Bertz CT molecular complexity index is 2840. The third-order valence-corrected chi connectivity index (χ3v) is 18.3. The van der Waals surface area contributed by atoms with Gasteiger partial charge in [0.05, 0.1) is 45.5 Å². The molecule has 64 heavy (non-hydrogen) atoms. The van der Waals surface area contributed by atoms with Crippen LogP contribution in [0.5, 0.6) is 11.5 Å². The lowest BCUT2D eigenvalue weighted by Crippen LogP contribution is -2.44. The lowest BCUT2D eigenvalue weighted by molar-refractivity contribution is 0.100. The van der Waals surface area contributed by atoms with E-state index in [-0.39, 0.29) is 38.9 Å². The number of nitrogens with one attached hydrogen (secondary N) is 3. The second-order valence-electron chi connectivity index (χ2n) is 17.5. The number of aryl methyl sites for hydroxylation is 2. The number of phenolic OH excluding ortho intramolecular Hbond substituents is 1. The summed E-state index contributed by atoms with van der Waals surface area (Å²) < 4.78 is 46.3. The number of aromatic hydroxyl groups is 1. The number of pyridine rings is 1. The highest BCUT2D eigenvalue weighted by molar-refractivity contribution is 7.91. The highest BCUT2D eigenvalue weighted by atomic mass is 32.2. The van der Waals surface area contributed by atoms with E-state index in [4.69, 9.17) is 19.6 Å². The largest absolute Gasteiger partial charge is 0.506 e. The lowest BCUT2D eigenvalue weighted by atomic mass is 9.99. The number of nitrogens with two attached hydrogens (primary N) is 1. The summed E-state index contributed by atoms with van der Waals surface area (Å²) >= 11 is 0. The number of phenols is 1. The van der Waals surface area contributed by atoms with Crippen LogP contribution >= 0.6 is 0 Å². The Labute approximate surface area is 375 Å². The number of nitrogens with zero attached hydrogens (tertiary/aromatic N) is 1. The Morgan fingerprint density at radius 3 is 2.45 bits per heavy atom. The molecule has 1 aromatic heterocycles. The molecule has 0 unspecified atom stereocenters. The number of rotatable bonds is 16. The number of cyclic esters (lactones) is 1. The van der Waals surface area contributed by atoms with Crippen molar-refractivity contribution in [3.05, 3.63) is 131 Å². The molecule has 5 aromatic carbocycles. The van der Waals surface area contributed by atoms with Gasteiger partial charge in [-0.3, -0.25) is 15.1 Å². The Balaban J connectivity index is 1.05. The van der Waals surface area contributed by atoms with Gasteiger partial charge in [0.25, 0.3) is 5.91 Å². The van der Waals surface area contributed by atoms with Gasteiger partial charge in [-0.25, -0.2) is 13.2 Å². The number of primary amides is 1. The van der Waals surface area contributed by atoms with Gasteiger partial charge in [-0.05, 0) is 115 Å². The summed E-state index contributed by atoms with van der Waals surface area (Å²) in [7, 11) is -4.71. The minimum Gasteiger partial charge on any atom is -0.506 e. The summed E-state index contributed by atoms with van der Waals surface area (Å²) in [5, 5.41) is 20.4. The first-order valence-corrected chi connectivity index (χ1v) is 25.5. The molecule has 1 aliphatic heterocycles. The highest BCUT2D eigenvalue weighted by Gasteiger charge is 2.40. The number of aromatic nitrogens is 1. The number of carbonyl (C=O) groups excluding carboxylic acids is 2. The van der Waals surface area contributed by atoms with Crippen LogP contribution in [0.15, 0.2) is 113 Å². The number of fused-ring (bicyclic) bond motifs is 2. The summed E-state index contributed by atoms with van der Waals surface area (Å²) in [6.45, 7) is 14.1. The van der Waals surface area contributed by atoms with Crippen molar-refractivity contribution in [3.63, 3.8) is 0 Å². The Hall–Kier alpha value is -6.26. The third-order valence-electron chi connectivity index (χ3n) is 12.1. The van der Waals surface area contributed by atoms with E-state index in [9.17, 15) is 23.1 Å². The van der Waals surface area contributed by atoms with Crippen LogP contribution in [-0.2, 0) is 32.0 Å². The van der Waals surface area contributed by atoms with Gasteiger partial charge in [-0.1, -0.05) is 69.3 Å². The molecule has 1 aliphatic rings. The maximum atomic E-state index is 14.3. The highest BCUT2D eigenvalue weighted by Crippen LogP contribution is 2.43. The second kappa shape index (κ2) is 18.5. The molecule has 0 bridgehead atoms. The van der Waals surface area contributed by atoms with E-state index in [0.29, 0.717) is 51.4 Å². The minimum absolute atomic E-state index is 0.0108. The van der Waals surface area contributed by atoms with Crippen molar-refractivity contribution < 1.29 is 37.0 Å². The molecule has 0 radical (unpaired) electrons. The standard InChI is InChI=1S/C49H55N5O8SSi/c1-30-23-37(26-39-44(30)52-27-40(47(50)56)45(39)53-34-13-9-14-35(25-34)60-5)63(58,59)36-15-8-12-33(24-36)32-18-16-31(17-19-32)11-10-22-51-28-43(62-64(6,7)49(2,3)4)38-20-21-42(55)46-41(38)29-61-48(57)54-46/h8-9,12-21,23-27,43,51,55H,10-11,22,28-29H2,1-7H3,(H2,50,56)(H,52,53)(H,54,57)/t43-/m0/s1. The fourth-order valence-corrected chi connectivity index (χ4v) is 10.2. The predicted octanol–water partition coefficient (Wildman–Crippen LogP) is 9.95. The molecular formula is C49H55N5O8SSi. The number of sulfone groups is 1.